The van der Waals surface area contributed by atoms with Crippen LogP contribution in [0.15, 0.2) is 24.3 Å². The van der Waals surface area contributed by atoms with Gasteiger partial charge in [-0.05, 0) is 19.1 Å². The molecule has 20 heavy (non-hydrogen) atoms. The number of hydrogen-bond donors (Lipinski definition) is 1. The number of nitrogens with zero attached hydrogens (tertiary/aromatic N) is 3. The zero-order valence-corrected chi connectivity index (χ0v) is 11.9. The lowest BCUT2D eigenvalue weighted by molar-refractivity contribution is 0.0697. The number of aromatic nitrogens is 2. The van der Waals surface area contributed by atoms with Crippen molar-refractivity contribution >= 4 is 17.5 Å². The number of rotatable bonds is 4. The van der Waals surface area contributed by atoms with E-state index in [1.165, 1.54) is 0 Å². The smallest absolute Gasteiger partial charge is 0.341 e. The van der Waals surface area contributed by atoms with E-state index in [-0.39, 0.29) is 5.56 Å². The molecule has 1 aromatic heterocycles. The van der Waals surface area contributed by atoms with Crippen LogP contribution in [0.5, 0.6) is 5.75 Å². The van der Waals surface area contributed by atoms with Crippen LogP contribution in [-0.4, -0.2) is 35.0 Å². The highest BCUT2D eigenvalue weighted by Gasteiger charge is 2.23. The number of benzene rings is 1. The summed E-state index contributed by atoms with van der Waals surface area (Å²) < 4.78 is 6.76. The Bertz CT molecular complexity index is 649. The summed E-state index contributed by atoms with van der Waals surface area (Å²) in [5.74, 6) is 0.258. The monoisotopic (exact) mass is 275 g/mol. The Kier molecular flexibility index (Phi) is 3.65. The molecule has 0 unspecified atom stereocenters. The molecule has 0 aliphatic heterocycles. The summed E-state index contributed by atoms with van der Waals surface area (Å²) in [6.45, 7) is 1.69. The van der Waals surface area contributed by atoms with Crippen molar-refractivity contribution in [2.45, 2.75) is 6.92 Å². The highest BCUT2D eigenvalue weighted by Crippen LogP contribution is 2.30. The summed E-state index contributed by atoms with van der Waals surface area (Å²) in [4.78, 5) is 13.2. The van der Waals surface area contributed by atoms with E-state index in [0.717, 1.165) is 5.69 Å². The second-order valence-corrected chi connectivity index (χ2v) is 4.47. The first-order valence-electron chi connectivity index (χ1n) is 6.10. The second kappa shape index (κ2) is 5.24. The Morgan fingerprint density at radius 1 is 1.45 bits per heavy atom. The highest BCUT2D eigenvalue weighted by molar-refractivity contribution is 5.95. The largest absolute Gasteiger partial charge is 0.497 e. The van der Waals surface area contributed by atoms with Gasteiger partial charge in [0.05, 0.1) is 12.8 Å². The maximum atomic E-state index is 11.4. The number of anilines is 2. The fraction of sp³-hybridized carbons (Fsp3) is 0.286. The molecule has 0 aliphatic rings. The Morgan fingerprint density at radius 3 is 2.75 bits per heavy atom. The standard InChI is InChI=1S/C14H17N3O3/c1-9-12(14(18)19)13(17(3)15-9)16(2)10-6-5-7-11(8-10)20-4/h5-8H,1-4H3,(H,18,19). The average Bonchev–Trinajstić information content (AvgIpc) is 2.72. The van der Waals surface area contributed by atoms with Gasteiger partial charge >= 0.3 is 5.97 Å². The van der Waals surface area contributed by atoms with Crippen molar-refractivity contribution in [1.29, 1.82) is 0 Å². The lowest BCUT2D eigenvalue weighted by Gasteiger charge is -2.20. The molecule has 1 aromatic carbocycles. The zero-order chi connectivity index (χ0) is 14.9. The predicted octanol–water partition coefficient (Wildman–Crippen LogP) is 2.20. The van der Waals surface area contributed by atoms with E-state index in [1.54, 1.807) is 37.7 Å². The van der Waals surface area contributed by atoms with Crippen LogP contribution < -0.4 is 9.64 Å². The molecule has 1 N–H and O–H groups in total. The normalized spacial score (nSPS) is 10.4. The van der Waals surface area contributed by atoms with Gasteiger partial charge in [0.2, 0.25) is 0 Å². The van der Waals surface area contributed by atoms with Crippen LogP contribution in [0.3, 0.4) is 0 Å². The predicted molar refractivity (Wildman–Crippen MR) is 76.0 cm³/mol. The van der Waals surface area contributed by atoms with Gasteiger partial charge in [0.1, 0.15) is 17.1 Å². The van der Waals surface area contributed by atoms with Crippen LogP contribution in [0, 0.1) is 6.92 Å². The highest BCUT2D eigenvalue weighted by atomic mass is 16.5. The minimum atomic E-state index is -0.986. The first-order chi connectivity index (χ1) is 9.45. The number of ether oxygens (including phenoxy) is 1. The van der Waals surface area contributed by atoms with E-state index in [0.29, 0.717) is 17.3 Å². The van der Waals surface area contributed by atoms with Crippen molar-refractivity contribution in [3.63, 3.8) is 0 Å². The average molecular weight is 275 g/mol. The molecule has 0 saturated heterocycles. The van der Waals surface area contributed by atoms with Crippen LogP contribution >= 0.6 is 0 Å². The van der Waals surface area contributed by atoms with Crippen molar-refractivity contribution in [2.75, 3.05) is 19.1 Å². The fourth-order valence-electron chi connectivity index (χ4n) is 2.22. The Labute approximate surface area is 117 Å². The van der Waals surface area contributed by atoms with E-state index in [4.69, 9.17) is 4.74 Å². The van der Waals surface area contributed by atoms with Gasteiger partial charge < -0.3 is 14.7 Å². The van der Waals surface area contributed by atoms with Crippen molar-refractivity contribution in [3.05, 3.63) is 35.5 Å². The third kappa shape index (κ3) is 2.32. The summed E-state index contributed by atoms with van der Waals surface area (Å²) in [6.07, 6.45) is 0. The Hall–Kier alpha value is -2.50. The SMILES string of the molecule is COc1cccc(N(C)c2c(C(=O)O)c(C)nn2C)c1. The van der Waals surface area contributed by atoms with Crippen molar-refractivity contribution < 1.29 is 14.6 Å². The first kappa shape index (κ1) is 13.9. The van der Waals surface area contributed by atoms with Crippen LogP contribution in [0.25, 0.3) is 0 Å². The molecule has 0 spiro atoms. The molecule has 2 rings (SSSR count). The molecule has 6 heteroatoms. The minimum absolute atomic E-state index is 0.206. The number of methoxy groups -OCH3 is 1. The molecule has 0 amide bonds. The lowest BCUT2D eigenvalue weighted by Crippen LogP contribution is -2.16. The third-order valence-electron chi connectivity index (χ3n) is 3.16. The van der Waals surface area contributed by atoms with E-state index >= 15 is 0 Å². The molecule has 0 atom stereocenters. The third-order valence-corrected chi connectivity index (χ3v) is 3.16. The second-order valence-electron chi connectivity index (χ2n) is 4.47. The van der Waals surface area contributed by atoms with Gasteiger partial charge in [-0.15, -0.1) is 0 Å². The van der Waals surface area contributed by atoms with Gasteiger partial charge in [0.15, 0.2) is 0 Å². The number of aryl methyl sites for hydroxylation is 2. The molecular formula is C14H17N3O3. The van der Waals surface area contributed by atoms with Gasteiger partial charge in [-0.3, -0.25) is 4.68 Å². The van der Waals surface area contributed by atoms with Gasteiger partial charge in [0, 0.05) is 25.8 Å². The molecule has 106 valence electrons. The van der Waals surface area contributed by atoms with Gasteiger partial charge in [-0.2, -0.15) is 5.10 Å². The molecule has 0 radical (unpaired) electrons. The number of carboxylic acids is 1. The van der Waals surface area contributed by atoms with E-state index in [2.05, 4.69) is 5.10 Å². The Balaban J connectivity index is 2.52. The molecular weight excluding hydrogens is 258 g/mol. The lowest BCUT2D eigenvalue weighted by atomic mass is 10.2. The molecule has 0 aliphatic carbocycles. The van der Waals surface area contributed by atoms with Gasteiger partial charge in [0.25, 0.3) is 0 Å². The van der Waals surface area contributed by atoms with Crippen LogP contribution in [0.1, 0.15) is 16.1 Å². The maximum absolute atomic E-state index is 11.4. The van der Waals surface area contributed by atoms with Crippen molar-refractivity contribution in [2.24, 2.45) is 7.05 Å². The number of carbonyl (C=O) groups is 1. The molecule has 2 aromatic rings. The van der Waals surface area contributed by atoms with Crippen LogP contribution in [-0.2, 0) is 7.05 Å². The topological polar surface area (TPSA) is 67.6 Å². The molecule has 6 nitrogen and oxygen atoms in total. The number of aromatic carboxylic acids is 1. The fourth-order valence-corrected chi connectivity index (χ4v) is 2.22. The summed E-state index contributed by atoms with van der Waals surface area (Å²) in [6, 6.07) is 7.42. The summed E-state index contributed by atoms with van der Waals surface area (Å²) in [7, 11) is 5.12. The molecule has 1 heterocycles. The zero-order valence-electron chi connectivity index (χ0n) is 11.9. The molecule has 0 bridgehead atoms. The van der Waals surface area contributed by atoms with Crippen LogP contribution in [0.2, 0.25) is 0 Å². The van der Waals surface area contributed by atoms with Gasteiger partial charge in [-0.1, -0.05) is 6.07 Å². The minimum Gasteiger partial charge on any atom is -0.497 e. The first-order valence-corrected chi connectivity index (χ1v) is 6.10. The molecule has 0 fully saturated rings. The maximum Gasteiger partial charge on any atom is 0.341 e. The van der Waals surface area contributed by atoms with Crippen molar-refractivity contribution in [1.82, 2.24) is 9.78 Å². The summed E-state index contributed by atoms with van der Waals surface area (Å²) in [5.41, 5.74) is 1.53. The quantitative estimate of drug-likeness (QED) is 0.926. The van der Waals surface area contributed by atoms with Gasteiger partial charge in [-0.25, -0.2) is 4.79 Å². The van der Waals surface area contributed by atoms with Crippen LogP contribution in [0.4, 0.5) is 11.5 Å². The van der Waals surface area contributed by atoms with Crippen molar-refractivity contribution in [3.8, 4) is 5.75 Å². The number of hydrogen-bond acceptors (Lipinski definition) is 4. The number of carboxylic acid groups (broad SMARTS) is 1. The van der Waals surface area contributed by atoms with E-state index < -0.39 is 5.97 Å². The molecule has 0 saturated carbocycles. The summed E-state index contributed by atoms with van der Waals surface area (Å²) in [5, 5.41) is 13.5. The van der Waals surface area contributed by atoms with E-state index in [9.17, 15) is 9.90 Å². The Morgan fingerprint density at radius 2 is 2.15 bits per heavy atom. The van der Waals surface area contributed by atoms with E-state index in [1.807, 2.05) is 24.3 Å². The summed E-state index contributed by atoms with van der Waals surface area (Å²) >= 11 is 0.